The molecule has 0 aromatic heterocycles. The summed E-state index contributed by atoms with van der Waals surface area (Å²) in [4.78, 5) is 2.27. The Labute approximate surface area is 110 Å². The molecule has 0 fully saturated rings. The Morgan fingerprint density at radius 1 is 1.06 bits per heavy atom. The molecule has 0 aliphatic carbocycles. The van der Waals surface area contributed by atoms with Crippen molar-refractivity contribution in [3.63, 3.8) is 0 Å². The van der Waals surface area contributed by atoms with Crippen LogP contribution in [0, 0.1) is 5.82 Å². The molecule has 102 valence electrons. The minimum Gasteiger partial charge on any atom is -0.371 e. The first-order chi connectivity index (χ1) is 8.71. The van der Waals surface area contributed by atoms with Crippen LogP contribution in [0.2, 0.25) is 0 Å². The van der Waals surface area contributed by atoms with E-state index in [0.717, 1.165) is 50.0 Å². The summed E-state index contributed by atoms with van der Waals surface area (Å²) < 4.78 is 13.5. The first-order valence-corrected chi connectivity index (χ1v) is 6.95. The van der Waals surface area contributed by atoms with E-state index >= 15 is 0 Å². The number of nitrogens with zero attached hydrogens (tertiary/aromatic N) is 1. The Balaban J connectivity index is 2.84. The zero-order valence-corrected chi connectivity index (χ0v) is 11.6. The van der Waals surface area contributed by atoms with Gasteiger partial charge in [0.2, 0.25) is 0 Å². The monoisotopic (exact) mass is 252 g/mol. The number of nitrogens with two attached hydrogens (primary N) is 1. The van der Waals surface area contributed by atoms with E-state index in [1.54, 1.807) is 6.07 Å². The fourth-order valence-corrected chi connectivity index (χ4v) is 2.00. The van der Waals surface area contributed by atoms with Crippen molar-refractivity contribution in [1.29, 1.82) is 0 Å². The third kappa shape index (κ3) is 4.65. The number of rotatable bonds is 8. The van der Waals surface area contributed by atoms with E-state index in [0.29, 0.717) is 6.54 Å². The normalized spacial score (nSPS) is 10.7. The summed E-state index contributed by atoms with van der Waals surface area (Å²) in [5.74, 6) is -0.189. The van der Waals surface area contributed by atoms with E-state index in [9.17, 15) is 4.39 Å². The average molecular weight is 252 g/mol. The molecule has 0 bridgehead atoms. The molecule has 0 amide bonds. The average Bonchev–Trinajstić information content (AvgIpc) is 2.38. The zero-order valence-electron chi connectivity index (χ0n) is 11.6. The van der Waals surface area contributed by atoms with Gasteiger partial charge in [-0.1, -0.05) is 26.7 Å². The molecule has 0 heterocycles. The summed E-state index contributed by atoms with van der Waals surface area (Å²) in [5.41, 5.74) is 7.44. The second kappa shape index (κ2) is 8.09. The minimum absolute atomic E-state index is 0.189. The van der Waals surface area contributed by atoms with Crippen molar-refractivity contribution in [2.45, 2.75) is 46.1 Å². The molecule has 2 nitrogen and oxygen atoms in total. The summed E-state index contributed by atoms with van der Waals surface area (Å²) in [5, 5.41) is 0. The Morgan fingerprint density at radius 3 is 2.17 bits per heavy atom. The highest BCUT2D eigenvalue weighted by atomic mass is 19.1. The van der Waals surface area contributed by atoms with Crippen LogP contribution >= 0.6 is 0 Å². The number of hydrogen-bond acceptors (Lipinski definition) is 2. The van der Waals surface area contributed by atoms with Gasteiger partial charge in [-0.05, 0) is 36.6 Å². The van der Waals surface area contributed by atoms with E-state index in [-0.39, 0.29) is 5.82 Å². The lowest BCUT2D eigenvalue weighted by atomic mass is 10.1. The molecule has 2 N–H and O–H groups in total. The Kier molecular flexibility index (Phi) is 6.73. The maximum absolute atomic E-state index is 13.5. The van der Waals surface area contributed by atoms with Crippen molar-refractivity contribution in [2.24, 2.45) is 5.73 Å². The van der Waals surface area contributed by atoms with Gasteiger partial charge in [-0.25, -0.2) is 4.39 Å². The van der Waals surface area contributed by atoms with Crippen molar-refractivity contribution >= 4 is 5.69 Å². The molecular weight excluding hydrogens is 227 g/mol. The fraction of sp³-hybridized carbons (Fsp3) is 0.600. The van der Waals surface area contributed by atoms with Crippen molar-refractivity contribution in [3.8, 4) is 0 Å². The molecule has 1 aromatic carbocycles. The molecular formula is C15H25FN2. The third-order valence-corrected chi connectivity index (χ3v) is 3.11. The van der Waals surface area contributed by atoms with Gasteiger partial charge in [0.25, 0.3) is 0 Å². The highest BCUT2D eigenvalue weighted by molar-refractivity contribution is 5.49. The third-order valence-electron chi connectivity index (χ3n) is 3.11. The predicted molar refractivity (Wildman–Crippen MR) is 76.3 cm³/mol. The second-order valence-corrected chi connectivity index (χ2v) is 4.72. The fourth-order valence-electron chi connectivity index (χ4n) is 2.00. The summed E-state index contributed by atoms with van der Waals surface area (Å²) in [6, 6.07) is 5.14. The van der Waals surface area contributed by atoms with Crippen LogP contribution in [0.25, 0.3) is 0 Å². The second-order valence-electron chi connectivity index (χ2n) is 4.72. The van der Waals surface area contributed by atoms with Crippen molar-refractivity contribution < 1.29 is 4.39 Å². The van der Waals surface area contributed by atoms with Crippen LogP contribution in [-0.2, 0) is 6.54 Å². The maximum atomic E-state index is 13.5. The first kappa shape index (κ1) is 15.0. The number of anilines is 1. The molecule has 0 unspecified atom stereocenters. The van der Waals surface area contributed by atoms with Gasteiger partial charge in [0, 0.05) is 25.3 Å². The van der Waals surface area contributed by atoms with E-state index in [2.05, 4.69) is 18.7 Å². The smallest absolute Gasteiger partial charge is 0.125 e. The number of halogens is 1. The van der Waals surface area contributed by atoms with Gasteiger partial charge < -0.3 is 10.6 Å². The van der Waals surface area contributed by atoms with E-state index in [1.165, 1.54) is 6.07 Å². The molecule has 0 spiro atoms. The van der Waals surface area contributed by atoms with E-state index in [1.807, 2.05) is 6.07 Å². The van der Waals surface area contributed by atoms with Gasteiger partial charge in [-0.2, -0.15) is 0 Å². The molecule has 0 atom stereocenters. The number of benzene rings is 1. The van der Waals surface area contributed by atoms with Gasteiger partial charge in [-0.15, -0.1) is 0 Å². The van der Waals surface area contributed by atoms with Crippen molar-refractivity contribution in [3.05, 3.63) is 29.6 Å². The molecule has 0 radical (unpaired) electrons. The van der Waals surface area contributed by atoms with Gasteiger partial charge in [0.1, 0.15) is 5.82 Å². The molecule has 0 aliphatic heterocycles. The molecule has 1 aromatic rings. The summed E-state index contributed by atoms with van der Waals surface area (Å²) in [6.07, 6.45) is 4.58. The lowest BCUT2D eigenvalue weighted by Crippen LogP contribution is -2.25. The van der Waals surface area contributed by atoms with Crippen LogP contribution in [0.5, 0.6) is 0 Å². The Bertz CT molecular complexity index is 344. The molecule has 0 saturated heterocycles. The van der Waals surface area contributed by atoms with Gasteiger partial charge in [0.05, 0.1) is 0 Å². The summed E-state index contributed by atoms with van der Waals surface area (Å²) in [6.45, 7) is 6.72. The topological polar surface area (TPSA) is 29.3 Å². The largest absolute Gasteiger partial charge is 0.371 e. The highest BCUT2D eigenvalue weighted by Gasteiger charge is 2.08. The summed E-state index contributed by atoms with van der Waals surface area (Å²) >= 11 is 0. The van der Waals surface area contributed by atoms with Crippen LogP contribution in [-0.4, -0.2) is 13.1 Å². The van der Waals surface area contributed by atoms with Crippen LogP contribution in [0.3, 0.4) is 0 Å². The molecule has 3 heteroatoms. The molecule has 0 saturated carbocycles. The van der Waals surface area contributed by atoms with E-state index < -0.39 is 0 Å². The minimum atomic E-state index is -0.189. The van der Waals surface area contributed by atoms with Crippen LogP contribution in [0.4, 0.5) is 10.1 Å². The zero-order chi connectivity index (χ0) is 13.4. The highest BCUT2D eigenvalue weighted by Crippen LogP contribution is 2.20. The molecule has 1 rings (SSSR count). The predicted octanol–water partition coefficient (Wildman–Crippen LogP) is 3.69. The Hall–Kier alpha value is -1.09. The SMILES string of the molecule is CCCCN(CCCC)c1cc(F)cc(CN)c1. The van der Waals surface area contributed by atoms with Crippen LogP contribution in [0.1, 0.15) is 45.1 Å². The standard InChI is InChI=1S/C15H25FN2/c1-3-5-7-18(8-6-4-2)15-10-13(12-17)9-14(16)11-15/h9-11H,3-8,12,17H2,1-2H3. The number of unbranched alkanes of at least 4 members (excludes halogenated alkanes) is 2. The van der Waals surface area contributed by atoms with Crippen LogP contribution < -0.4 is 10.6 Å². The van der Waals surface area contributed by atoms with Crippen LogP contribution in [0.15, 0.2) is 18.2 Å². The van der Waals surface area contributed by atoms with E-state index in [4.69, 9.17) is 5.73 Å². The quantitative estimate of drug-likeness (QED) is 0.764. The Morgan fingerprint density at radius 2 is 1.67 bits per heavy atom. The number of hydrogen-bond donors (Lipinski definition) is 1. The molecule has 18 heavy (non-hydrogen) atoms. The maximum Gasteiger partial charge on any atom is 0.125 e. The lowest BCUT2D eigenvalue weighted by Gasteiger charge is -2.25. The molecule has 0 aliphatic rings. The van der Waals surface area contributed by atoms with Crippen molar-refractivity contribution in [1.82, 2.24) is 0 Å². The van der Waals surface area contributed by atoms with Gasteiger partial charge in [0.15, 0.2) is 0 Å². The van der Waals surface area contributed by atoms with Gasteiger partial charge in [-0.3, -0.25) is 0 Å². The van der Waals surface area contributed by atoms with Gasteiger partial charge >= 0.3 is 0 Å². The van der Waals surface area contributed by atoms with Crippen molar-refractivity contribution in [2.75, 3.05) is 18.0 Å². The first-order valence-electron chi connectivity index (χ1n) is 6.95. The summed E-state index contributed by atoms with van der Waals surface area (Å²) in [7, 11) is 0. The lowest BCUT2D eigenvalue weighted by molar-refractivity contribution is 0.621.